The van der Waals surface area contributed by atoms with Crippen molar-refractivity contribution < 1.29 is 31.8 Å². The average Bonchev–Trinajstić information content (AvgIpc) is 2.85. The van der Waals surface area contributed by atoms with Gasteiger partial charge in [0.05, 0.1) is 23.3 Å². The fourth-order valence-corrected chi connectivity index (χ4v) is 3.70. The van der Waals surface area contributed by atoms with E-state index in [1.54, 1.807) is 0 Å². The fourth-order valence-electron chi connectivity index (χ4n) is 3.50. The van der Waals surface area contributed by atoms with Crippen molar-refractivity contribution in [3.05, 3.63) is 92.6 Å². The van der Waals surface area contributed by atoms with Crippen LogP contribution in [0.4, 0.5) is 22.0 Å². The Morgan fingerprint density at radius 2 is 1.77 bits per heavy atom. The zero-order chi connectivity index (χ0) is 28.7. The number of rotatable bonds is 6. The summed E-state index contributed by atoms with van der Waals surface area (Å²) in [5.41, 5.74) is -4.23. The summed E-state index contributed by atoms with van der Waals surface area (Å²) in [7, 11) is 0. The minimum absolute atomic E-state index is 0.0497. The summed E-state index contributed by atoms with van der Waals surface area (Å²) >= 11 is 6.12. The van der Waals surface area contributed by atoms with Crippen LogP contribution in [0.25, 0.3) is 17.1 Å². The van der Waals surface area contributed by atoms with E-state index in [2.05, 4.69) is 19.9 Å². The highest BCUT2D eigenvalue weighted by molar-refractivity contribution is 6.31. The fraction of sp³-hybridized carbons (Fsp3) is 0.240. The molecular weight excluding hydrogens is 549 g/mol. The van der Waals surface area contributed by atoms with E-state index in [9.17, 15) is 31.9 Å². The summed E-state index contributed by atoms with van der Waals surface area (Å²) < 4.78 is 75.2. The quantitative estimate of drug-likeness (QED) is 0.321. The van der Waals surface area contributed by atoms with Crippen LogP contribution in [0.15, 0.2) is 47.7 Å². The Morgan fingerprint density at radius 1 is 1.05 bits per heavy atom. The molecule has 8 nitrogen and oxygen atoms in total. The molecule has 0 fully saturated rings. The van der Waals surface area contributed by atoms with Crippen LogP contribution in [-0.4, -0.2) is 29.6 Å². The third kappa shape index (κ3) is 5.88. The number of ether oxygens (including phenoxy) is 1. The lowest BCUT2D eigenvalue weighted by Crippen LogP contribution is -2.28. The molecule has 0 aliphatic carbocycles. The number of hydrogen-bond acceptors (Lipinski definition) is 7. The van der Waals surface area contributed by atoms with Crippen molar-refractivity contribution in [2.45, 2.75) is 39.2 Å². The molecule has 0 amide bonds. The van der Waals surface area contributed by atoms with E-state index in [0.29, 0.717) is 22.9 Å². The maximum atomic E-state index is 14.2. The molecule has 0 spiro atoms. The molecule has 0 unspecified atom stereocenters. The Labute approximate surface area is 222 Å². The zero-order valence-corrected chi connectivity index (χ0v) is 21.3. The Bertz CT molecular complexity index is 1620. The van der Waals surface area contributed by atoms with Crippen molar-refractivity contribution >= 4 is 11.6 Å². The van der Waals surface area contributed by atoms with Crippen LogP contribution >= 0.6 is 11.6 Å². The van der Waals surface area contributed by atoms with Gasteiger partial charge in [0.15, 0.2) is 11.6 Å². The first kappa shape index (κ1) is 28.0. The van der Waals surface area contributed by atoms with Gasteiger partial charge in [0.2, 0.25) is 0 Å². The van der Waals surface area contributed by atoms with Crippen molar-refractivity contribution in [1.82, 2.24) is 24.5 Å². The van der Waals surface area contributed by atoms with Gasteiger partial charge in [-0.05, 0) is 38.5 Å². The molecular formula is C25H19ClF5N5O3. The van der Waals surface area contributed by atoms with Gasteiger partial charge in [0.25, 0.3) is 5.56 Å². The van der Waals surface area contributed by atoms with Crippen molar-refractivity contribution in [2.24, 2.45) is 0 Å². The van der Waals surface area contributed by atoms with Crippen molar-refractivity contribution in [2.75, 3.05) is 0 Å². The monoisotopic (exact) mass is 567 g/mol. The maximum absolute atomic E-state index is 14.2. The molecule has 0 aliphatic heterocycles. The normalized spacial score (nSPS) is 12.1. The predicted molar refractivity (Wildman–Crippen MR) is 129 cm³/mol. The van der Waals surface area contributed by atoms with E-state index < -0.39 is 57.7 Å². The lowest BCUT2D eigenvalue weighted by molar-refractivity contribution is -0.143. The molecule has 0 saturated heterocycles. The largest absolute Gasteiger partial charge is 0.485 e. The highest BCUT2D eigenvalue weighted by Crippen LogP contribution is 2.36. The number of alkyl halides is 3. The minimum Gasteiger partial charge on any atom is -0.485 e. The zero-order valence-electron chi connectivity index (χ0n) is 20.5. The highest BCUT2D eigenvalue weighted by Gasteiger charge is 2.37. The summed E-state index contributed by atoms with van der Waals surface area (Å²) in [6.45, 7) is 3.65. The van der Waals surface area contributed by atoms with Gasteiger partial charge in [-0.3, -0.25) is 19.3 Å². The topological polar surface area (TPSA) is 103 Å². The van der Waals surface area contributed by atoms with Gasteiger partial charge in [-0.25, -0.2) is 18.7 Å². The molecule has 0 atom stereocenters. The van der Waals surface area contributed by atoms with Gasteiger partial charge in [-0.2, -0.15) is 13.2 Å². The van der Waals surface area contributed by atoms with E-state index in [-0.39, 0.29) is 28.5 Å². The molecule has 204 valence electrons. The number of nitrogens with zero attached hydrogens (tertiary/aromatic N) is 5. The third-order valence-electron chi connectivity index (χ3n) is 5.44. The van der Waals surface area contributed by atoms with E-state index in [1.807, 2.05) is 0 Å². The number of aliphatic hydroxyl groups is 1. The first-order chi connectivity index (χ1) is 18.2. The molecule has 4 aromatic rings. The van der Waals surface area contributed by atoms with Gasteiger partial charge in [0.1, 0.15) is 40.2 Å². The number of halogens is 6. The molecule has 4 heterocycles. The van der Waals surface area contributed by atoms with Crippen LogP contribution in [0.5, 0.6) is 5.75 Å². The smallest absolute Gasteiger partial charge is 0.432 e. The molecule has 0 saturated carbocycles. The molecule has 1 N–H and O–H groups in total. The van der Waals surface area contributed by atoms with Crippen molar-refractivity contribution in [3.8, 4) is 22.8 Å². The van der Waals surface area contributed by atoms with Crippen LogP contribution in [0.1, 0.15) is 36.6 Å². The number of aryl methyl sites for hydroxylation is 1. The molecule has 4 aromatic heterocycles. The molecule has 14 heteroatoms. The van der Waals surface area contributed by atoms with Crippen LogP contribution in [-0.2, 0) is 18.4 Å². The van der Waals surface area contributed by atoms with E-state index in [0.717, 1.165) is 0 Å². The molecule has 0 radical (unpaired) electrons. The second-order valence-electron chi connectivity index (χ2n) is 8.90. The Morgan fingerprint density at radius 3 is 2.41 bits per heavy atom. The maximum Gasteiger partial charge on any atom is 0.432 e. The van der Waals surface area contributed by atoms with Crippen LogP contribution < -0.4 is 10.3 Å². The van der Waals surface area contributed by atoms with E-state index >= 15 is 0 Å². The van der Waals surface area contributed by atoms with Gasteiger partial charge in [-0.15, -0.1) is 0 Å². The standard InChI is InChI=1S/C25H19ClF5N5O3/c1-12-9-33-16(15-4-5-32-23(35-15)24(2,3)38)7-18(12)36-20(25(29,30)31)8-19(21(26)22(36)37)39-11-17-14(28)6-13(27)10-34-17/h4-10,38H,11H2,1-3H3. The predicted octanol–water partition coefficient (Wildman–Crippen LogP) is 5.15. The third-order valence-corrected chi connectivity index (χ3v) is 5.78. The Hall–Kier alpha value is -3.97. The SMILES string of the molecule is Cc1cnc(-c2ccnc(C(C)(C)O)n2)cc1-n1c(C(F)(F)F)cc(OCc2ncc(F)cc2F)c(Cl)c1=O. The lowest BCUT2D eigenvalue weighted by atomic mass is 10.1. The summed E-state index contributed by atoms with van der Waals surface area (Å²) in [4.78, 5) is 29.1. The summed E-state index contributed by atoms with van der Waals surface area (Å²) in [5, 5.41) is 9.50. The first-order valence-electron chi connectivity index (χ1n) is 11.2. The number of aromatic nitrogens is 5. The second-order valence-corrected chi connectivity index (χ2v) is 9.28. The molecule has 4 rings (SSSR count). The molecule has 0 aliphatic rings. The summed E-state index contributed by atoms with van der Waals surface area (Å²) in [6.07, 6.45) is -1.75. The minimum atomic E-state index is -5.06. The van der Waals surface area contributed by atoms with Crippen LogP contribution in [0.3, 0.4) is 0 Å². The summed E-state index contributed by atoms with van der Waals surface area (Å²) in [6, 6.07) is 3.69. The first-order valence-corrected chi connectivity index (χ1v) is 11.5. The molecule has 0 aromatic carbocycles. The number of pyridine rings is 3. The van der Waals surface area contributed by atoms with Gasteiger partial charge >= 0.3 is 6.18 Å². The average molecular weight is 568 g/mol. The van der Waals surface area contributed by atoms with Gasteiger partial charge in [0, 0.05) is 24.5 Å². The van der Waals surface area contributed by atoms with E-state index in [4.69, 9.17) is 16.3 Å². The molecule has 0 bridgehead atoms. The summed E-state index contributed by atoms with van der Waals surface area (Å²) in [5.74, 6) is -2.67. The Kier molecular flexibility index (Phi) is 7.41. The second kappa shape index (κ2) is 10.3. The van der Waals surface area contributed by atoms with Crippen molar-refractivity contribution in [3.63, 3.8) is 0 Å². The van der Waals surface area contributed by atoms with Crippen LogP contribution in [0.2, 0.25) is 5.02 Å². The lowest BCUT2D eigenvalue weighted by Gasteiger charge is -2.20. The molecule has 39 heavy (non-hydrogen) atoms. The van der Waals surface area contributed by atoms with Gasteiger partial charge < -0.3 is 9.84 Å². The van der Waals surface area contributed by atoms with Crippen LogP contribution in [0, 0.1) is 18.6 Å². The van der Waals surface area contributed by atoms with Gasteiger partial charge in [-0.1, -0.05) is 11.6 Å². The van der Waals surface area contributed by atoms with E-state index in [1.165, 1.54) is 45.3 Å². The number of hydrogen-bond donors (Lipinski definition) is 1. The Balaban J connectivity index is 1.83. The highest BCUT2D eigenvalue weighted by atomic mass is 35.5. The van der Waals surface area contributed by atoms with Crippen molar-refractivity contribution in [1.29, 1.82) is 0 Å².